The van der Waals surface area contributed by atoms with Crippen LogP contribution < -0.4 is 0 Å². The number of aliphatic hydroxyl groups excluding tert-OH is 1. The zero-order valence-corrected chi connectivity index (χ0v) is 10.5. The standard InChI is InChI=1S/C13H13F2NO3/c1-3-19-13(18)10(8(2)17)7-16-9-4-5-11(14)12(15)6-9/h4-7,17H,3H2,1-2H3/b10-8+,16-7?. The van der Waals surface area contributed by atoms with Crippen LogP contribution in [-0.2, 0) is 9.53 Å². The number of aliphatic imine (C=N–C) groups is 1. The van der Waals surface area contributed by atoms with Crippen molar-refractivity contribution in [1.82, 2.24) is 0 Å². The molecule has 0 bridgehead atoms. The van der Waals surface area contributed by atoms with Crippen molar-refractivity contribution >= 4 is 17.9 Å². The van der Waals surface area contributed by atoms with Crippen molar-refractivity contribution in [3.8, 4) is 0 Å². The van der Waals surface area contributed by atoms with Gasteiger partial charge in [0, 0.05) is 12.3 Å². The smallest absolute Gasteiger partial charge is 0.343 e. The number of esters is 1. The summed E-state index contributed by atoms with van der Waals surface area (Å²) >= 11 is 0. The van der Waals surface area contributed by atoms with Gasteiger partial charge in [0.1, 0.15) is 11.3 Å². The fourth-order valence-corrected chi connectivity index (χ4v) is 1.21. The zero-order valence-electron chi connectivity index (χ0n) is 10.5. The molecule has 0 saturated heterocycles. The Bertz CT molecular complexity index is 535. The maximum atomic E-state index is 12.9. The second-order valence-corrected chi connectivity index (χ2v) is 3.58. The molecule has 0 saturated carbocycles. The molecule has 0 aliphatic carbocycles. The molecule has 0 aliphatic heterocycles. The first-order valence-electron chi connectivity index (χ1n) is 5.51. The maximum Gasteiger partial charge on any atom is 0.343 e. The highest BCUT2D eigenvalue weighted by Crippen LogP contribution is 2.16. The fraction of sp³-hybridized carbons (Fsp3) is 0.231. The normalized spacial score (nSPS) is 12.4. The van der Waals surface area contributed by atoms with Gasteiger partial charge in [0.05, 0.1) is 12.3 Å². The molecule has 1 aromatic rings. The molecule has 0 spiro atoms. The second kappa shape index (κ2) is 6.63. The molecular weight excluding hydrogens is 256 g/mol. The van der Waals surface area contributed by atoms with E-state index in [-0.39, 0.29) is 23.6 Å². The van der Waals surface area contributed by atoms with E-state index in [1.807, 2.05) is 0 Å². The highest BCUT2D eigenvalue weighted by molar-refractivity contribution is 6.10. The van der Waals surface area contributed by atoms with Gasteiger partial charge in [-0.3, -0.25) is 4.99 Å². The van der Waals surface area contributed by atoms with E-state index in [1.165, 1.54) is 13.0 Å². The van der Waals surface area contributed by atoms with Gasteiger partial charge < -0.3 is 9.84 Å². The summed E-state index contributed by atoms with van der Waals surface area (Å²) in [5.74, 6) is -3.05. The first-order chi connectivity index (χ1) is 8.95. The molecule has 0 aliphatic rings. The van der Waals surface area contributed by atoms with Gasteiger partial charge in [0.15, 0.2) is 11.6 Å². The largest absolute Gasteiger partial charge is 0.512 e. The van der Waals surface area contributed by atoms with Crippen LogP contribution in [0.1, 0.15) is 13.8 Å². The van der Waals surface area contributed by atoms with Gasteiger partial charge in [0.2, 0.25) is 0 Å². The Hall–Kier alpha value is -2.24. The first kappa shape index (κ1) is 14.8. The molecule has 0 aromatic heterocycles. The third-order valence-electron chi connectivity index (χ3n) is 2.13. The lowest BCUT2D eigenvalue weighted by Gasteiger charge is -2.03. The average Bonchev–Trinajstić information content (AvgIpc) is 2.33. The lowest BCUT2D eigenvalue weighted by atomic mass is 10.2. The topological polar surface area (TPSA) is 58.9 Å². The van der Waals surface area contributed by atoms with Crippen LogP contribution in [0.25, 0.3) is 0 Å². The van der Waals surface area contributed by atoms with Crippen molar-refractivity contribution in [3.63, 3.8) is 0 Å². The molecule has 1 rings (SSSR count). The van der Waals surface area contributed by atoms with E-state index in [1.54, 1.807) is 6.92 Å². The zero-order chi connectivity index (χ0) is 14.4. The van der Waals surface area contributed by atoms with Crippen LogP contribution in [-0.4, -0.2) is 23.9 Å². The minimum Gasteiger partial charge on any atom is -0.512 e. The number of halogens is 2. The van der Waals surface area contributed by atoms with Gasteiger partial charge in [-0.25, -0.2) is 13.6 Å². The summed E-state index contributed by atoms with van der Waals surface area (Å²) in [7, 11) is 0. The van der Waals surface area contributed by atoms with Crippen LogP contribution in [0.3, 0.4) is 0 Å². The molecule has 1 N–H and O–H groups in total. The van der Waals surface area contributed by atoms with Gasteiger partial charge in [-0.15, -0.1) is 0 Å². The van der Waals surface area contributed by atoms with E-state index in [2.05, 4.69) is 4.99 Å². The number of ether oxygens (including phenoxy) is 1. The lowest BCUT2D eigenvalue weighted by molar-refractivity contribution is -0.138. The van der Waals surface area contributed by atoms with Crippen molar-refractivity contribution in [2.45, 2.75) is 13.8 Å². The van der Waals surface area contributed by atoms with Gasteiger partial charge in [0.25, 0.3) is 0 Å². The lowest BCUT2D eigenvalue weighted by Crippen LogP contribution is -2.10. The first-order valence-corrected chi connectivity index (χ1v) is 5.51. The van der Waals surface area contributed by atoms with Crippen LogP contribution >= 0.6 is 0 Å². The highest BCUT2D eigenvalue weighted by atomic mass is 19.2. The summed E-state index contributed by atoms with van der Waals surface area (Å²) < 4.78 is 30.4. The predicted octanol–water partition coefficient (Wildman–Crippen LogP) is 3.06. The van der Waals surface area contributed by atoms with Gasteiger partial charge in [-0.05, 0) is 26.0 Å². The molecule has 0 fully saturated rings. The number of hydrogen-bond donors (Lipinski definition) is 1. The van der Waals surface area contributed by atoms with Crippen LogP contribution in [0.4, 0.5) is 14.5 Å². The molecule has 102 valence electrons. The summed E-state index contributed by atoms with van der Waals surface area (Å²) in [5, 5.41) is 9.34. The van der Waals surface area contributed by atoms with Gasteiger partial charge >= 0.3 is 5.97 Å². The van der Waals surface area contributed by atoms with Crippen LogP contribution in [0.5, 0.6) is 0 Å². The fourth-order valence-electron chi connectivity index (χ4n) is 1.21. The van der Waals surface area contributed by atoms with Crippen molar-refractivity contribution < 1.29 is 23.4 Å². The monoisotopic (exact) mass is 269 g/mol. The van der Waals surface area contributed by atoms with Gasteiger partial charge in [-0.1, -0.05) is 0 Å². The Kier molecular flexibility index (Phi) is 5.17. The second-order valence-electron chi connectivity index (χ2n) is 3.58. The Morgan fingerprint density at radius 1 is 1.42 bits per heavy atom. The molecule has 1 aromatic carbocycles. The molecule has 0 heterocycles. The van der Waals surface area contributed by atoms with Crippen molar-refractivity contribution in [3.05, 3.63) is 41.2 Å². The number of rotatable bonds is 4. The summed E-state index contributed by atoms with van der Waals surface area (Å²) in [6.45, 7) is 3.06. The predicted molar refractivity (Wildman–Crippen MR) is 66.5 cm³/mol. The van der Waals surface area contributed by atoms with Crippen LogP contribution in [0.2, 0.25) is 0 Å². The number of allylic oxidation sites excluding steroid dienone is 1. The number of carbonyl (C=O) groups is 1. The number of nitrogens with zero attached hydrogens (tertiary/aromatic N) is 1. The summed E-state index contributed by atoms with van der Waals surface area (Å²) in [6, 6.07) is 3.03. The number of aliphatic hydroxyl groups is 1. The van der Waals surface area contributed by atoms with E-state index in [4.69, 9.17) is 4.74 Å². The maximum absolute atomic E-state index is 12.9. The number of carbonyl (C=O) groups excluding carboxylic acids is 1. The molecule has 0 atom stereocenters. The van der Waals surface area contributed by atoms with E-state index >= 15 is 0 Å². The van der Waals surface area contributed by atoms with Crippen molar-refractivity contribution in [1.29, 1.82) is 0 Å². The third kappa shape index (κ3) is 4.17. The Morgan fingerprint density at radius 3 is 2.63 bits per heavy atom. The number of benzene rings is 1. The Labute approximate surface area is 109 Å². The summed E-state index contributed by atoms with van der Waals surface area (Å²) in [6.07, 6.45) is 1.04. The molecule has 4 nitrogen and oxygen atoms in total. The van der Waals surface area contributed by atoms with E-state index < -0.39 is 17.6 Å². The van der Waals surface area contributed by atoms with Gasteiger partial charge in [-0.2, -0.15) is 0 Å². The minimum absolute atomic E-state index is 0.113. The molecule has 0 amide bonds. The van der Waals surface area contributed by atoms with Crippen LogP contribution in [0.15, 0.2) is 34.5 Å². The van der Waals surface area contributed by atoms with E-state index in [9.17, 15) is 18.7 Å². The van der Waals surface area contributed by atoms with Crippen molar-refractivity contribution in [2.24, 2.45) is 4.99 Å². The molecule has 6 heteroatoms. The summed E-state index contributed by atoms with van der Waals surface area (Å²) in [4.78, 5) is 15.2. The third-order valence-corrected chi connectivity index (χ3v) is 2.13. The number of hydrogen-bond acceptors (Lipinski definition) is 4. The van der Waals surface area contributed by atoms with E-state index in [0.29, 0.717) is 0 Å². The Balaban J connectivity index is 2.97. The molecule has 19 heavy (non-hydrogen) atoms. The highest BCUT2D eigenvalue weighted by Gasteiger charge is 2.12. The van der Waals surface area contributed by atoms with Crippen molar-refractivity contribution in [2.75, 3.05) is 6.61 Å². The molecular formula is C13H13F2NO3. The SMILES string of the molecule is CCOC(=O)/C(C=Nc1ccc(F)c(F)c1)=C(\C)O. The Morgan fingerprint density at radius 2 is 2.11 bits per heavy atom. The molecule has 0 unspecified atom stereocenters. The van der Waals surface area contributed by atoms with E-state index in [0.717, 1.165) is 18.3 Å². The molecule has 0 radical (unpaired) electrons. The quantitative estimate of drug-likeness (QED) is 0.395. The van der Waals surface area contributed by atoms with Crippen LogP contribution in [0, 0.1) is 11.6 Å². The summed E-state index contributed by atoms with van der Waals surface area (Å²) in [5.41, 5.74) is -0.0338. The average molecular weight is 269 g/mol. The minimum atomic E-state index is -1.04.